The summed E-state index contributed by atoms with van der Waals surface area (Å²) < 4.78 is 43.9. The normalized spacial score (nSPS) is 21.9. The van der Waals surface area contributed by atoms with Crippen LogP contribution in [0.1, 0.15) is 24.0 Å². The Morgan fingerprint density at radius 3 is 2.65 bits per heavy atom. The molecule has 0 aromatic heterocycles. The molecule has 20 heavy (non-hydrogen) atoms. The Hall–Kier alpha value is -1.74. The lowest BCUT2D eigenvalue weighted by atomic mass is 9.82. The number of benzene rings is 1. The molecule has 1 fully saturated rings. The first-order valence-electron chi connectivity index (χ1n) is 6.36. The number of hydrogen-bond donors (Lipinski definition) is 1. The van der Waals surface area contributed by atoms with E-state index in [1.807, 2.05) is 7.05 Å². The molecule has 6 heteroatoms. The molecule has 3 nitrogen and oxygen atoms in total. The number of rotatable bonds is 4. The second-order valence-corrected chi connectivity index (χ2v) is 4.95. The largest absolute Gasteiger partial charge is 0.490 e. The smallest absolute Gasteiger partial charge is 0.417 e. The first-order valence-corrected chi connectivity index (χ1v) is 6.36. The van der Waals surface area contributed by atoms with E-state index in [0.717, 1.165) is 31.5 Å². The van der Waals surface area contributed by atoms with Crippen molar-refractivity contribution >= 4 is 0 Å². The van der Waals surface area contributed by atoms with Gasteiger partial charge in [-0.05, 0) is 50.6 Å². The maximum Gasteiger partial charge on any atom is 0.417 e. The zero-order valence-electron chi connectivity index (χ0n) is 11.0. The predicted octanol–water partition coefficient (Wildman–Crippen LogP) is 2.95. The van der Waals surface area contributed by atoms with E-state index in [2.05, 4.69) is 5.32 Å². The molecular formula is C14H15F3N2O. The van der Waals surface area contributed by atoms with Gasteiger partial charge in [0.1, 0.15) is 5.75 Å². The maximum absolute atomic E-state index is 12.8. The fraction of sp³-hybridized carbons (Fsp3) is 0.500. The van der Waals surface area contributed by atoms with Gasteiger partial charge < -0.3 is 10.1 Å². The number of nitrogens with one attached hydrogen (secondary N) is 1. The minimum absolute atomic E-state index is 0.0395. The molecule has 0 radical (unpaired) electrons. The van der Waals surface area contributed by atoms with E-state index < -0.39 is 11.7 Å². The van der Waals surface area contributed by atoms with Crippen molar-refractivity contribution in [2.45, 2.75) is 25.1 Å². The van der Waals surface area contributed by atoms with E-state index in [0.29, 0.717) is 5.92 Å². The Labute approximate surface area is 115 Å². The zero-order valence-corrected chi connectivity index (χ0v) is 11.0. The minimum Gasteiger partial charge on any atom is -0.490 e. The highest BCUT2D eigenvalue weighted by atomic mass is 19.4. The number of hydrogen-bond acceptors (Lipinski definition) is 3. The van der Waals surface area contributed by atoms with E-state index in [-0.39, 0.29) is 17.4 Å². The minimum atomic E-state index is -4.54. The lowest BCUT2D eigenvalue weighted by molar-refractivity contribution is -0.138. The molecule has 1 saturated carbocycles. The molecule has 108 valence electrons. The van der Waals surface area contributed by atoms with Gasteiger partial charge in [-0.2, -0.15) is 18.4 Å². The first kappa shape index (κ1) is 14.7. The van der Waals surface area contributed by atoms with Gasteiger partial charge in [0.15, 0.2) is 0 Å². The molecule has 1 aliphatic rings. The Kier molecular flexibility index (Phi) is 4.19. The second kappa shape index (κ2) is 5.71. The SMILES string of the molecule is CNCC1CC(Oc2ccc(C#N)c(C(F)(F)F)c2)C1. The van der Waals surface area contributed by atoms with Crippen LogP contribution in [0.5, 0.6) is 5.75 Å². The molecule has 0 bridgehead atoms. The van der Waals surface area contributed by atoms with Gasteiger partial charge in [-0.25, -0.2) is 0 Å². The molecule has 1 N–H and O–H groups in total. The summed E-state index contributed by atoms with van der Waals surface area (Å²) in [4.78, 5) is 0. The van der Waals surface area contributed by atoms with Crippen LogP contribution in [-0.4, -0.2) is 19.7 Å². The topological polar surface area (TPSA) is 45.0 Å². The van der Waals surface area contributed by atoms with Crippen molar-refractivity contribution in [1.82, 2.24) is 5.32 Å². The first-order chi connectivity index (χ1) is 9.44. The van der Waals surface area contributed by atoms with Gasteiger partial charge >= 0.3 is 6.18 Å². The van der Waals surface area contributed by atoms with E-state index in [4.69, 9.17) is 10.00 Å². The molecule has 0 spiro atoms. The van der Waals surface area contributed by atoms with Gasteiger partial charge in [-0.15, -0.1) is 0 Å². The van der Waals surface area contributed by atoms with Crippen LogP contribution in [0.2, 0.25) is 0 Å². The molecule has 1 aliphatic carbocycles. The van der Waals surface area contributed by atoms with Gasteiger partial charge in [0.05, 0.1) is 23.3 Å². The maximum atomic E-state index is 12.8. The Bertz CT molecular complexity index is 516. The van der Waals surface area contributed by atoms with E-state index in [1.165, 1.54) is 6.07 Å². The third-order valence-corrected chi connectivity index (χ3v) is 3.40. The highest BCUT2D eigenvalue weighted by molar-refractivity contribution is 5.44. The molecule has 1 aromatic rings. The number of halogens is 3. The van der Waals surface area contributed by atoms with Crippen LogP contribution in [0.3, 0.4) is 0 Å². The van der Waals surface area contributed by atoms with Gasteiger partial charge in [-0.3, -0.25) is 0 Å². The monoisotopic (exact) mass is 284 g/mol. The Morgan fingerprint density at radius 1 is 1.40 bits per heavy atom. The molecule has 0 amide bonds. The summed E-state index contributed by atoms with van der Waals surface area (Å²) in [5.74, 6) is 0.690. The van der Waals surface area contributed by atoms with Crippen LogP contribution in [-0.2, 0) is 6.18 Å². The lowest BCUT2D eigenvalue weighted by Gasteiger charge is -2.35. The van der Waals surface area contributed by atoms with Crippen molar-refractivity contribution in [3.8, 4) is 11.8 Å². The van der Waals surface area contributed by atoms with Gasteiger partial charge in [0, 0.05) is 0 Å². The standard InChI is InChI=1S/C14H15F3N2O/c1-19-8-9-4-12(5-9)20-11-3-2-10(7-18)13(6-11)14(15,16)17/h2-3,6,9,12,19H,4-5,8H2,1H3. The number of alkyl halides is 3. The van der Waals surface area contributed by atoms with Crippen molar-refractivity contribution in [1.29, 1.82) is 5.26 Å². The summed E-state index contributed by atoms with van der Waals surface area (Å²) in [6, 6.07) is 5.03. The average Bonchev–Trinajstić information content (AvgIpc) is 2.35. The van der Waals surface area contributed by atoms with E-state index in [1.54, 1.807) is 6.07 Å². The van der Waals surface area contributed by atoms with Crippen LogP contribution in [0.25, 0.3) is 0 Å². The average molecular weight is 284 g/mol. The second-order valence-electron chi connectivity index (χ2n) is 4.95. The van der Waals surface area contributed by atoms with Crippen LogP contribution < -0.4 is 10.1 Å². The highest BCUT2D eigenvalue weighted by Crippen LogP contribution is 2.36. The third-order valence-electron chi connectivity index (χ3n) is 3.40. The summed E-state index contributed by atoms with van der Waals surface area (Å²) in [6.45, 7) is 0.890. The molecule has 1 aromatic carbocycles. The molecule has 0 unspecified atom stereocenters. The van der Waals surface area contributed by atoms with E-state index >= 15 is 0 Å². The van der Waals surface area contributed by atoms with E-state index in [9.17, 15) is 13.2 Å². The van der Waals surface area contributed by atoms with Crippen LogP contribution in [0, 0.1) is 17.2 Å². The highest BCUT2D eigenvalue weighted by Gasteiger charge is 2.35. The molecular weight excluding hydrogens is 269 g/mol. The van der Waals surface area contributed by atoms with Crippen LogP contribution >= 0.6 is 0 Å². The molecule has 2 rings (SSSR count). The fourth-order valence-electron chi connectivity index (χ4n) is 2.35. The van der Waals surface area contributed by atoms with Crippen molar-refractivity contribution in [2.75, 3.05) is 13.6 Å². The predicted molar refractivity (Wildman–Crippen MR) is 67.2 cm³/mol. The van der Waals surface area contributed by atoms with Crippen molar-refractivity contribution in [3.63, 3.8) is 0 Å². The quantitative estimate of drug-likeness (QED) is 0.924. The van der Waals surface area contributed by atoms with Crippen molar-refractivity contribution in [3.05, 3.63) is 29.3 Å². The van der Waals surface area contributed by atoms with Gasteiger partial charge in [0.25, 0.3) is 0 Å². The third kappa shape index (κ3) is 3.23. The fourth-order valence-corrected chi connectivity index (χ4v) is 2.35. The summed E-state index contributed by atoms with van der Waals surface area (Å²) in [7, 11) is 1.87. The Balaban J connectivity index is 2.06. The number of nitrogens with zero attached hydrogens (tertiary/aromatic N) is 1. The summed E-state index contributed by atoms with van der Waals surface area (Å²) in [6.07, 6.45) is -2.91. The molecule has 0 heterocycles. The number of nitriles is 1. The summed E-state index contributed by atoms with van der Waals surface area (Å²) in [5, 5.41) is 11.8. The van der Waals surface area contributed by atoms with Gasteiger partial charge in [0.2, 0.25) is 0 Å². The number of ether oxygens (including phenoxy) is 1. The lowest BCUT2D eigenvalue weighted by Crippen LogP contribution is -2.38. The Morgan fingerprint density at radius 2 is 2.10 bits per heavy atom. The van der Waals surface area contributed by atoms with Crippen LogP contribution in [0.15, 0.2) is 18.2 Å². The van der Waals surface area contributed by atoms with Crippen molar-refractivity contribution in [2.24, 2.45) is 5.92 Å². The summed E-state index contributed by atoms with van der Waals surface area (Å²) in [5.41, 5.74) is -1.32. The molecule has 0 aliphatic heterocycles. The summed E-state index contributed by atoms with van der Waals surface area (Å²) >= 11 is 0. The van der Waals surface area contributed by atoms with Crippen molar-refractivity contribution < 1.29 is 17.9 Å². The molecule has 0 atom stereocenters. The molecule has 0 saturated heterocycles. The van der Waals surface area contributed by atoms with Gasteiger partial charge in [-0.1, -0.05) is 0 Å². The van der Waals surface area contributed by atoms with Crippen LogP contribution in [0.4, 0.5) is 13.2 Å². The zero-order chi connectivity index (χ0) is 14.8.